The Morgan fingerprint density at radius 2 is 0.802 bits per heavy atom. The Morgan fingerprint density at radius 3 is 1.50 bits per heavy atom. The predicted octanol–water partition coefficient (Wildman–Crippen LogP) is 24.1. The Labute approximate surface area is 585 Å². The summed E-state index contributed by atoms with van der Waals surface area (Å²) < 4.78 is 23.0. The van der Waals surface area contributed by atoms with E-state index in [4.69, 9.17) is 13.3 Å². The van der Waals surface area contributed by atoms with Crippen LogP contribution in [0.2, 0.25) is 0 Å². The Balaban J connectivity index is 0.905. The van der Waals surface area contributed by atoms with Gasteiger partial charge in [-0.15, -0.1) is 0 Å². The number of para-hydroxylation sites is 7. The number of fused-ring (bicyclic) bond motifs is 17. The van der Waals surface area contributed by atoms with Crippen LogP contribution in [0.3, 0.4) is 0 Å². The smallest absolute Gasteiger partial charge is 0.252 e. The van der Waals surface area contributed by atoms with E-state index in [1.807, 2.05) is 6.07 Å². The first-order valence-electron chi connectivity index (χ1n) is 35.0. The van der Waals surface area contributed by atoms with Gasteiger partial charge in [0.05, 0.1) is 33.5 Å². The van der Waals surface area contributed by atoms with Crippen molar-refractivity contribution in [3.63, 3.8) is 0 Å². The van der Waals surface area contributed by atoms with Gasteiger partial charge < -0.3 is 37.4 Å². The predicted molar refractivity (Wildman–Crippen MR) is 423 cm³/mol. The van der Waals surface area contributed by atoms with Gasteiger partial charge in [0.25, 0.3) is 6.71 Å². The lowest BCUT2D eigenvalue weighted by Gasteiger charge is -2.45. The van der Waals surface area contributed by atoms with Crippen LogP contribution in [-0.4, -0.2) is 11.3 Å². The number of anilines is 12. The fraction of sp³-hybridized carbons (Fsp3) is 0.0870. The summed E-state index contributed by atoms with van der Waals surface area (Å²) >= 11 is 0. The van der Waals surface area contributed by atoms with Gasteiger partial charge in [-0.1, -0.05) is 199 Å². The maximum absolute atomic E-state index is 7.07. The van der Waals surface area contributed by atoms with Gasteiger partial charge in [0, 0.05) is 94.6 Å². The average molecular weight is 1300 g/mol. The minimum atomic E-state index is -0.270. The van der Waals surface area contributed by atoms with Crippen LogP contribution in [0.1, 0.15) is 52.7 Å². The summed E-state index contributed by atoms with van der Waals surface area (Å²) in [5.74, 6) is 0. The third kappa shape index (κ3) is 9.09. The summed E-state index contributed by atoms with van der Waals surface area (Å²) in [4.78, 5) is 9.99. The Hall–Kier alpha value is -12.5. The molecule has 482 valence electrons. The molecule has 20 rings (SSSR count). The molecule has 2 aliphatic heterocycles. The molecule has 0 fully saturated rings. The zero-order chi connectivity index (χ0) is 67.6. The molecule has 0 aliphatic carbocycles. The lowest BCUT2D eigenvalue weighted by atomic mass is 9.33. The van der Waals surface area contributed by atoms with Crippen molar-refractivity contribution in [3.05, 3.63) is 314 Å². The van der Waals surface area contributed by atoms with Crippen molar-refractivity contribution >= 4 is 179 Å². The largest absolute Gasteiger partial charge is 0.456 e. The lowest BCUT2D eigenvalue weighted by Crippen LogP contribution is -2.61. The monoisotopic (exact) mass is 1300 g/mol. The minimum Gasteiger partial charge on any atom is -0.456 e. The van der Waals surface area contributed by atoms with Gasteiger partial charge in [-0.05, 0) is 184 Å². The van der Waals surface area contributed by atoms with Crippen LogP contribution in [0.4, 0.5) is 68.2 Å². The molecule has 0 atom stereocenters. The van der Waals surface area contributed by atoms with Crippen LogP contribution < -0.4 is 36.0 Å². The summed E-state index contributed by atoms with van der Waals surface area (Å²) in [5.41, 5.74) is 26.5. The number of hydrogen-bond donors (Lipinski definition) is 0. The molecule has 0 N–H and O–H groups in total. The van der Waals surface area contributed by atoms with Crippen molar-refractivity contribution in [2.24, 2.45) is 0 Å². The first-order chi connectivity index (χ1) is 49.4. The molecule has 18 aromatic rings. The van der Waals surface area contributed by atoms with E-state index in [-0.39, 0.29) is 17.5 Å². The molecule has 14 aromatic carbocycles. The van der Waals surface area contributed by atoms with Gasteiger partial charge in [-0.25, -0.2) is 0 Å². The minimum absolute atomic E-state index is 0.0818. The highest BCUT2D eigenvalue weighted by atomic mass is 16.3. The zero-order valence-corrected chi connectivity index (χ0v) is 56.9. The molecule has 0 unspecified atom stereocenters. The quantitative estimate of drug-likeness (QED) is 0.133. The number of nitrogens with zero attached hydrogens (tertiary/aromatic N) is 5. The highest BCUT2D eigenvalue weighted by Gasteiger charge is 2.46. The Kier molecular flexibility index (Phi) is 12.8. The van der Waals surface area contributed by atoms with Gasteiger partial charge >= 0.3 is 0 Å². The third-order valence-corrected chi connectivity index (χ3v) is 21.2. The number of hydrogen-bond acceptors (Lipinski definition) is 7. The molecule has 0 radical (unpaired) electrons. The molecule has 101 heavy (non-hydrogen) atoms. The van der Waals surface area contributed by atoms with E-state index in [2.05, 4.69) is 363 Å². The number of aromatic nitrogens is 1. The van der Waals surface area contributed by atoms with Crippen LogP contribution in [0.25, 0.3) is 93.3 Å². The standard InChI is InChI=1S/C92H68BN5O3/c1-91(2,3)57-36-40-61(41-37-57)97-79-54-65(94(64-46-50-85-73(53-64)69-28-15-18-33-82(69)99-85)63-45-49-77-72(52-63)67-26-13-17-31-76(67)96(77)60-24-11-8-12-25-60)44-47-74(79)93-75-48-51-86-87(71-29-16-20-35-84(71)100-86)89(75)98(62-42-38-58(39-43-62)92(4,5)6)81-56-66(55-80(97)88(81)93)95(59-22-9-7-10-23-59)78-32-21-30-70-68-27-14-19-34-83(68)101-90(70)78/h7-56H,1-6H3. The van der Waals surface area contributed by atoms with E-state index >= 15 is 0 Å². The van der Waals surface area contributed by atoms with Crippen molar-refractivity contribution in [3.8, 4) is 5.69 Å². The summed E-state index contributed by atoms with van der Waals surface area (Å²) in [7, 11) is 0. The topological polar surface area (TPSA) is 57.3 Å². The normalized spacial score (nSPS) is 13.0. The lowest BCUT2D eigenvalue weighted by molar-refractivity contribution is 0.590. The van der Waals surface area contributed by atoms with Crippen molar-refractivity contribution < 1.29 is 13.3 Å². The molecule has 0 saturated carbocycles. The zero-order valence-electron chi connectivity index (χ0n) is 56.9. The maximum atomic E-state index is 7.07. The van der Waals surface area contributed by atoms with Gasteiger partial charge in [0.15, 0.2) is 5.58 Å². The number of furan rings is 3. The van der Waals surface area contributed by atoms with Gasteiger partial charge in [-0.3, -0.25) is 0 Å². The van der Waals surface area contributed by atoms with Gasteiger partial charge in [0.2, 0.25) is 0 Å². The average Bonchev–Trinajstić information content (AvgIpc) is 1.08. The highest BCUT2D eigenvalue weighted by Crippen LogP contribution is 2.53. The molecule has 0 saturated heterocycles. The summed E-state index contributed by atoms with van der Waals surface area (Å²) in [6.07, 6.45) is 0. The van der Waals surface area contributed by atoms with E-state index in [0.29, 0.717) is 0 Å². The third-order valence-electron chi connectivity index (χ3n) is 21.2. The molecular weight excluding hydrogens is 1230 g/mol. The molecular formula is C92H68BN5O3. The summed E-state index contributed by atoms with van der Waals surface area (Å²) in [6.45, 7) is 13.5. The number of rotatable bonds is 9. The van der Waals surface area contributed by atoms with Crippen LogP contribution in [0.5, 0.6) is 0 Å². The van der Waals surface area contributed by atoms with Crippen LogP contribution in [0, 0.1) is 0 Å². The fourth-order valence-corrected chi connectivity index (χ4v) is 16.5. The summed E-state index contributed by atoms with van der Waals surface area (Å²) in [5, 5.41) is 8.71. The van der Waals surface area contributed by atoms with E-state index in [1.54, 1.807) is 0 Å². The van der Waals surface area contributed by atoms with E-state index in [1.165, 1.54) is 32.9 Å². The number of benzene rings is 14. The van der Waals surface area contributed by atoms with Crippen LogP contribution >= 0.6 is 0 Å². The van der Waals surface area contributed by atoms with Crippen molar-refractivity contribution in [2.45, 2.75) is 52.4 Å². The molecule has 0 bridgehead atoms. The van der Waals surface area contributed by atoms with Crippen molar-refractivity contribution in [1.82, 2.24) is 4.57 Å². The second kappa shape index (κ2) is 22.0. The first kappa shape index (κ1) is 58.7. The molecule has 6 heterocycles. The SMILES string of the molecule is CC(C)(C)c1ccc(N2c3cc(N(c4ccc5oc6ccccc6c5c4)c4ccc5c(c4)c4ccccc4n5-c4ccccc4)ccc3B3c4ccc5oc6ccccc6c5c4N(c4ccc(C(C)(C)C)cc4)c4cc(N(c5ccccc5)c5cccc6c5oc5ccccc56)cc2c43)cc1. The van der Waals surface area contributed by atoms with Gasteiger partial charge in [0.1, 0.15) is 27.9 Å². The van der Waals surface area contributed by atoms with Gasteiger partial charge in [-0.2, -0.15) is 0 Å². The molecule has 0 spiro atoms. The van der Waals surface area contributed by atoms with E-state index < -0.39 is 0 Å². The molecule has 2 aliphatic rings. The Morgan fingerprint density at radius 1 is 0.307 bits per heavy atom. The molecule has 4 aromatic heterocycles. The molecule has 9 heteroatoms. The van der Waals surface area contributed by atoms with Crippen LogP contribution in [0.15, 0.2) is 317 Å². The fourth-order valence-electron chi connectivity index (χ4n) is 16.5. The highest BCUT2D eigenvalue weighted by molar-refractivity contribution is 7.00. The van der Waals surface area contributed by atoms with Crippen molar-refractivity contribution in [1.29, 1.82) is 0 Å². The van der Waals surface area contributed by atoms with Crippen LogP contribution in [-0.2, 0) is 10.8 Å². The first-order valence-corrected chi connectivity index (χ1v) is 35.0. The van der Waals surface area contributed by atoms with Crippen molar-refractivity contribution in [2.75, 3.05) is 19.6 Å². The second-order valence-corrected chi connectivity index (χ2v) is 29.2. The maximum Gasteiger partial charge on any atom is 0.252 e. The van der Waals surface area contributed by atoms with E-state index in [0.717, 1.165) is 156 Å². The Bertz CT molecular complexity index is 6390. The summed E-state index contributed by atoms with van der Waals surface area (Å²) in [6, 6.07) is 111. The molecule has 8 nitrogen and oxygen atoms in total. The second-order valence-electron chi connectivity index (χ2n) is 29.2. The van der Waals surface area contributed by atoms with E-state index in [9.17, 15) is 0 Å². The molecule has 0 amide bonds.